The van der Waals surface area contributed by atoms with Crippen molar-refractivity contribution in [2.24, 2.45) is 0 Å². The Balaban J connectivity index is 1.68. The lowest BCUT2D eigenvalue weighted by Gasteiger charge is -2.06. The summed E-state index contributed by atoms with van der Waals surface area (Å²) in [6.45, 7) is 0. The third-order valence-corrected chi connectivity index (χ3v) is 3.90. The molecule has 26 heavy (non-hydrogen) atoms. The van der Waals surface area contributed by atoms with Gasteiger partial charge in [0, 0.05) is 23.8 Å². The van der Waals surface area contributed by atoms with Crippen molar-refractivity contribution in [2.45, 2.75) is 0 Å². The van der Waals surface area contributed by atoms with Gasteiger partial charge in [0.2, 0.25) is 0 Å². The number of nitrogens with zero attached hydrogens (tertiary/aromatic N) is 1. The molecule has 0 saturated heterocycles. The highest BCUT2D eigenvalue weighted by atomic mass is 16.5. The lowest BCUT2D eigenvalue weighted by molar-refractivity contribution is 0.0734. The highest BCUT2D eigenvalue weighted by Crippen LogP contribution is 2.24. The first-order valence-electron chi connectivity index (χ1n) is 7.96. The molecule has 0 amide bonds. The molecule has 0 fully saturated rings. The molecule has 4 rings (SSSR count). The highest BCUT2D eigenvalue weighted by molar-refractivity contribution is 5.91. The first-order valence-corrected chi connectivity index (χ1v) is 7.96. The van der Waals surface area contributed by atoms with Crippen LogP contribution in [-0.2, 0) is 0 Å². The number of esters is 1. The van der Waals surface area contributed by atoms with Gasteiger partial charge in [-0.15, -0.1) is 0 Å². The van der Waals surface area contributed by atoms with E-state index in [4.69, 9.17) is 9.15 Å². The second-order valence-corrected chi connectivity index (χ2v) is 5.64. The van der Waals surface area contributed by atoms with Crippen LogP contribution >= 0.6 is 0 Å². The Kier molecular flexibility index (Phi) is 4.03. The summed E-state index contributed by atoms with van der Waals surface area (Å²) in [5, 5.41) is 0.740. The summed E-state index contributed by atoms with van der Waals surface area (Å²) in [6.07, 6.45) is 3.00. The Hall–Kier alpha value is -3.73. The van der Waals surface area contributed by atoms with E-state index in [2.05, 4.69) is 4.98 Å². The molecule has 5 nitrogen and oxygen atoms in total. The number of fused-ring (bicyclic) bond motifs is 1. The van der Waals surface area contributed by atoms with E-state index in [-0.39, 0.29) is 0 Å². The van der Waals surface area contributed by atoms with Crippen LogP contribution in [0.25, 0.3) is 22.1 Å². The number of aromatic nitrogens is 1. The summed E-state index contributed by atoms with van der Waals surface area (Å²) in [5.41, 5.74) is 1.52. The average Bonchev–Trinajstić information content (AvgIpc) is 2.69. The van der Waals surface area contributed by atoms with Crippen molar-refractivity contribution in [3.05, 3.63) is 95.1 Å². The van der Waals surface area contributed by atoms with Crippen molar-refractivity contribution in [3.63, 3.8) is 0 Å². The largest absolute Gasteiger partial charge is 0.423 e. The Morgan fingerprint density at radius 2 is 1.81 bits per heavy atom. The minimum atomic E-state index is -0.527. The maximum atomic E-state index is 12.3. The van der Waals surface area contributed by atoms with E-state index in [1.165, 1.54) is 12.3 Å². The molecule has 2 aromatic heterocycles. The topological polar surface area (TPSA) is 69.4 Å². The van der Waals surface area contributed by atoms with Gasteiger partial charge in [-0.05, 0) is 35.9 Å². The number of ether oxygens (including phenoxy) is 1. The molecule has 0 aliphatic heterocycles. The van der Waals surface area contributed by atoms with Crippen LogP contribution in [0.1, 0.15) is 10.4 Å². The van der Waals surface area contributed by atoms with E-state index in [0.29, 0.717) is 22.5 Å². The van der Waals surface area contributed by atoms with Gasteiger partial charge < -0.3 is 9.15 Å². The predicted octanol–water partition coefficient (Wildman–Crippen LogP) is 4.07. The molecule has 0 radical (unpaired) electrons. The smallest absolute Gasteiger partial charge is 0.345 e. The van der Waals surface area contributed by atoms with E-state index in [0.717, 1.165) is 10.9 Å². The first-order chi connectivity index (χ1) is 12.7. The van der Waals surface area contributed by atoms with Crippen LogP contribution in [0.3, 0.4) is 0 Å². The molecule has 0 unspecified atom stereocenters. The number of carbonyl (C=O) groups excluding carboxylic acids is 1. The summed E-state index contributed by atoms with van der Waals surface area (Å²) in [7, 11) is 0. The monoisotopic (exact) mass is 343 g/mol. The molecule has 4 aromatic rings. The van der Waals surface area contributed by atoms with Crippen LogP contribution in [0.2, 0.25) is 0 Å². The third-order valence-electron chi connectivity index (χ3n) is 3.90. The van der Waals surface area contributed by atoms with Gasteiger partial charge in [-0.3, -0.25) is 4.98 Å². The fourth-order valence-corrected chi connectivity index (χ4v) is 2.62. The normalized spacial score (nSPS) is 10.6. The molecule has 0 aliphatic carbocycles. The average molecular weight is 343 g/mol. The summed E-state index contributed by atoms with van der Waals surface area (Å²) in [6, 6.07) is 19.3. The van der Waals surface area contributed by atoms with Crippen molar-refractivity contribution in [3.8, 4) is 16.9 Å². The molecule has 2 heterocycles. The third kappa shape index (κ3) is 3.10. The van der Waals surface area contributed by atoms with Crippen LogP contribution in [0.4, 0.5) is 0 Å². The summed E-state index contributed by atoms with van der Waals surface area (Å²) >= 11 is 0. The Bertz CT molecular complexity index is 1130. The van der Waals surface area contributed by atoms with Gasteiger partial charge in [0.05, 0.1) is 11.1 Å². The molecule has 0 saturated carbocycles. The first kappa shape index (κ1) is 15.8. The molecular weight excluding hydrogens is 330 g/mol. The predicted molar refractivity (Wildman–Crippen MR) is 97.1 cm³/mol. The van der Waals surface area contributed by atoms with Crippen LogP contribution in [0.5, 0.6) is 5.75 Å². The van der Waals surface area contributed by atoms with Gasteiger partial charge in [-0.2, -0.15) is 0 Å². The van der Waals surface area contributed by atoms with Gasteiger partial charge in [-0.1, -0.05) is 30.3 Å². The van der Waals surface area contributed by atoms with Crippen LogP contribution in [-0.4, -0.2) is 11.0 Å². The summed E-state index contributed by atoms with van der Waals surface area (Å²) in [5.74, 6) is -0.234. The van der Waals surface area contributed by atoms with Gasteiger partial charge in [0.15, 0.2) is 0 Å². The van der Waals surface area contributed by atoms with Crippen molar-refractivity contribution >= 4 is 16.9 Å². The number of benzene rings is 2. The molecule has 126 valence electrons. The molecule has 0 atom stereocenters. The lowest BCUT2D eigenvalue weighted by Crippen LogP contribution is -2.08. The highest BCUT2D eigenvalue weighted by Gasteiger charge is 2.11. The number of carbonyl (C=O) groups is 1. The number of hydrogen-bond donors (Lipinski definition) is 0. The second-order valence-electron chi connectivity index (χ2n) is 5.64. The summed E-state index contributed by atoms with van der Waals surface area (Å²) in [4.78, 5) is 28.3. The van der Waals surface area contributed by atoms with Gasteiger partial charge >= 0.3 is 11.6 Å². The zero-order valence-electron chi connectivity index (χ0n) is 13.6. The maximum absolute atomic E-state index is 12.3. The quantitative estimate of drug-likeness (QED) is 0.318. The fourth-order valence-electron chi connectivity index (χ4n) is 2.62. The van der Waals surface area contributed by atoms with E-state index >= 15 is 0 Å². The Morgan fingerprint density at radius 1 is 0.962 bits per heavy atom. The zero-order valence-corrected chi connectivity index (χ0v) is 13.6. The van der Waals surface area contributed by atoms with E-state index in [9.17, 15) is 9.59 Å². The van der Waals surface area contributed by atoms with Crippen LogP contribution in [0, 0.1) is 0 Å². The van der Waals surface area contributed by atoms with E-state index in [1.54, 1.807) is 36.5 Å². The van der Waals surface area contributed by atoms with E-state index < -0.39 is 11.6 Å². The standard InChI is InChI=1S/C21H13NO4/c23-20(16-7-4-10-22-13-16)25-17-9-8-15-11-18(14-5-2-1-3-6-14)21(24)26-19(15)12-17/h1-13H. The van der Waals surface area contributed by atoms with Crippen LogP contribution in [0.15, 0.2) is 88.3 Å². The Morgan fingerprint density at radius 3 is 2.58 bits per heavy atom. The molecule has 0 aliphatic rings. The van der Waals surface area contributed by atoms with Gasteiger partial charge in [0.1, 0.15) is 11.3 Å². The van der Waals surface area contributed by atoms with E-state index in [1.807, 2.05) is 30.3 Å². The van der Waals surface area contributed by atoms with Gasteiger partial charge in [-0.25, -0.2) is 9.59 Å². The molecule has 5 heteroatoms. The fraction of sp³-hybridized carbons (Fsp3) is 0. The van der Waals surface area contributed by atoms with Crippen molar-refractivity contribution in [2.75, 3.05) is 0 Å². The molecule has 2 aromatic carbocycles. The minimum Gasteiger partial charge on any atom is -0.423 e. The molecular formula is C21H13NO4. The van der Waals surface area contributed by atoms with Crippen molar-refractivity contribution in [1.29, 1.82) is 0 Å². The molecule has 0 spiro atoms. The lowest BCUT2D eigenvalue weighted by atomic mass is 10.1. The molecule has 0 bridgehead atoms. The second kappa shape index (κ2) is 6.64. The Labute approximate surface area is 148 Å². The van der Waals surface area contributed by atoms with Crippen molar-refractivity contribution < 1.29 is 13.9 Å². The minimum absolute atomic E-state index is 0.293. The van der Waals surface area contributed by atoms with Crippen LogP contribution < -0.4 is 10.4 Å². The summed E-state index contributed by atoms with van der Waals surface area (Å²) < 4.78 is 10.7. The molecule has 0 N–H and O–H groups in total. The van der Waals surface area contributed by atoms with Gasteiger partial charge in [0.25, 0.3) is 0 Å². The van der Waals surface area contributed by atoms with Crippen molar-refractivity contribution in [1.82, 2.24) is 4.98 Å². The number of rotatable bonds is 3. The maximum Gasteiger partial charge on any atom is 0.345 e. The number of hydrogen-bond acceptors (Lipinski definition) is 5. The SMILES string of the molecule is O=C(Oc1ccc2cc(-c3ccccc3)c(=O)oc2c1)c1cccnc1. The number of pyridine rings is 1. The zero-order chi connectivity index (χ0) is 17.9.